The average Bonchev–Trinajstić information content (AvgIpc) is 2.81. The maximum Gasteiger partial charge on any atom is 0.127 e. The molecule has 1 aromatic heterocycles. The highest BCUT2D eigenvalue weighted by Crippen LogP contribution is 2.25. The van der Waals surface area contributed by atoms with Gasteiger partial charge in [-0.25, -0.2) is 0 Å². The summed E-state index contributed by atoms with van der Waals surface area (Å²) in [5.74, 6) is 0. The minimum absolute atomic E-state index is 0.947. The van der Waals surface area contributed by atoms with E-state index in [-0.39, 0.29) is 0 Å². The summed E-state index contributed by atoms with van der Waals surface area (Å²) in [5.41, 5.74) is 4.50. The van der Waals surface area contributed by atoms with Gasteiger partial charge in [-0.15, -0.1) is 0 Å². The highest BCUT2D eigenvalue weighted by molar-refractivity contribution is 5.66. The van der Waals surface area contributed by atoms with Crippen molar-refractivity contribution >= 4 is 0 Å². The maximum atomic E-state index is 5.03. The molecule has 0 saturated heterocycles. The van der Waals surface area contributed by atoms with Gasteiger partial charge in [0.1, 0.15) is 12.0 Å². The van der Waals surface area contributed by atoms with E-state index in [2.05, 4.69) is 42.4 Å². The van der Waals surface area contributed by atoms with E-state index in [4.69, 9.17) is 4.52 Å². The number of allylic oxidation sites excluding steroid dienone is 2. The summed E-state index contributed by atoms with van der Waals surface area (Å²) in [7, 11) is 0. The lowest BCUT2D eigenvalue weighted by Crippen LogP contribution is -1.89. The smallest absolute Gasteiger partial charge is 0.127 e. The van der Waals surface area contributed by atoms with E-state index in [9.17, 15) is 0 Å². The van der Waals surface area contributed by atoms with Gasteiger partial charge in [-0.1, -0.05) is 54.9 Å². The molecule has 94 valence electrons. The van der Waals surface area contributed by atoms with Gasteiger partial charge in [0, 0.05) is 11.1 Å². The van der Waals surface area contributed by atoms with E-state index in [0.717, 1.165) is 24.1 Å². The van der Waals surface area contributed by atoms with Crippen molar-refractivity contribution in [2.45, 2.75) is 33.1 Å². The van der Waals surface area contributed by atoms with Crippen LogP contribution in [0.1, 0.15) is 30.9 Å². The molecule has 0 unspecified atom stereocenters. The Kier molecular flexibility index (Phi) is 4.35. The van der Waals surface area contributed by atoms with Crippen LogP contribution < -0.4 is 0 Å². The number of benzene rings is 1. The molecular weight excluding hydrogens is 222 g/mol. The normalized spacial score (nSPS) is 11.2. The minimum atomic E-state index is 0.947. The zero-order valence-corrected chi connectivity index (χ0v) is 11.0. The standard InChI is InChI=1S/C16H19NO/c1-3-4-5-6-9-14-10-7-8-11-15(14)16-13(2)12-18-17-16/h5-8,10-12H,3-4,9H2,1-2H3. The molecular formula is C16H19NO. The Balaban J connectivity index is 2.24. The third-order valence-corrected chi connectivity index (χ3v) is 2.98. The van der Waals surface area contributed by atoms with Gasteiger partial charge in [-0.2, -0.15) is 0 Å². The number of unbranched alkanes of at least 4 members (excludes halogenated alkanes) is 1. The lowest BCUT2D eigenvalue weighted by molar-refractivity contribution is 0.421. The van der Waals surface area contributed by atoms with Crippen molar-refractivity contribution in [1.82, 2.24) is 5.16 Å². The van der Waals surface area contributed by atoms with Gasteiger partial charge < -0.3 is 4.52 Å². The number of aromatic nitrogens is 1. The molecule has 0 saturated carbocycles. The van der Waals surface area contributed by atoms with Gasteiger partial charge in [0.15, 0.2) is 0 Å². The molecule has 0 amide bonds. The predicted octanol–water partition coefficient (Wildman–Crippen LogP) is 4.55. The summed E-state index contributed by atoms with van der Waals surface area (Å²) < 4.78 is 5.03. The topological polar surface area (TPSA) is 26.0 Å². The van der Waals surface area contributed by atoms with Crippen LogP contribution in [0.4, 0.5) is 0 Å². The molecule has 0 aliphatic carbocycles. The number of aryl methyl sites for hydroxylation is 1. The minimum Gasteiger partial charge on any atom is -0.364 e. The highest BCUT2D eigenvalue weighted by atomic mass is 16.5. The molecule has 18 heavy (non-hydrogen) atoms. The molecule has 1 aromatic carbocycles. The summed E-state index contributed by atoms with van der Waals surface area (Å²) in [4.78, 5) is 0. The van der Waals surface area contributed by atoms with Crippen molar-refractivity contribution in [2.75, 3.05) is 0 Å². The van der Waals surface area contributed by atoms with E-state index < -0.39 is 0 Å². The van der Waals surface area contributed by atoms with Gasteiger partial charge in [0.25, 0.3) is 0 Å². The summed E-state index contributed by atoms with van der Waals surface area (Å²) in [5, 5.41) is 4.09. The third kappa shape index (κ3) is 2.89. The molecule has 0 aliphatic rings. The Morgan fingerprint density at radius 3 is 2.78 bits per heavy atom. The summed E-state index contributed by atoms with van der Waals surface area (Å²) in [6.07, 6.45) is 9.46. The Morgan fingerprint density at radius 1 is 1.22 bits per heavy atom. The lowest BCUT2D eigenvalue weighted by atomic mass is 10.00. The Hall–Kier alpha value is -1.83. The first-order chi connectivity index (χ1) is 8.83. The Morgan fingerprint density at radius 2 is 2.06 bits per heavy atom. The second-order valence-electron chi connectivity index (χ2n) is 4.47. The molecule has 0 spiro atoms. The van der Waals surface area contributed by atoms with Crippen molar-refractivity contribution in [3.05, 3.63) is 53.8 Å². The molecule has 0 N–H and O–H groups in total. The van der Waals surface area contributed by atoms with E-state index in [0.29, 0.717) is 0 Å². The van der Waals surface area contributed by atoms with E-state index in [1.54, 1.807) is 6.26 Å². The van der Waals surface area contributed by atoms with Crippen LogP contribution in [-0.4, -0.2) is 5.16 Å². The van der Waals surface area contributed by atoms with Crippen LogP contribution in [0.3, 0.4) is 0 Å². The van der Waals surface area contributed by atoms with Gasteiger partial charge in [0.05, 0.1) is 0 Å². The number of hydrogen-bond donors (Lipinski definition) is 0. The van der Waals surface area contributed by atoms with Crippen molar-refractivity contribution in [2.24, 2.45) is 0 Å². The van der Waals surface area contributed by atoms with Crippen LogP contribution in [0.2, 0.25) is 0 Å². The van der Waals surface area contributed by atoms with Crippen LogP contribution in [-0.2, 0) is 6.42 Å². The lowest BCUT2D eigenvalue weighted by Gasteiger charge is -2.05. The van der Waals surface area contributed by atoms with E-state index >= 15 is 0 Å². The molecule has 0 fully saturated rings. The summed E-state index contributed by atoms with van der Waals surface area (Å²) >= 11 is 0. The maximum absolute atomic E-state index is 5.03. The van der Waals surface area contributed by atoms with Crippen LogP contribution >= 0.6 is 0 Å². The van der Waals surface area contributed by atoms with E-state index in [1.807, 2.05) is 13.0 Å². The molecule has 2 heteroatoms. The fraction of sp³-hybridized carbons (Fsp3) is 0.312. The second kappa shape index (κ2) is 6.20. The van der Waals surface area contributed by atoms with Crippen LogP contribution in [0, 0.1) is 6.92 Å². The molecule has 2 aromatic rings. The molecule has 2 nitrogen and oxygen atoms in total. The molecule has 2 rings (SSSR count). The van der Waals surface area contributed by atoms with Crippen molar-refractivity contribution in [3.63, 3.8) is 0 Å². The first-order valence-electron chi connectivity index (χ1n) is 6.47. The molecule has 0 bridgehead atoms. The van der Waals surface area contributed by atoms with Crippen molar-refractivity contribution in [3.8, 4) is 11.3 Å². The summed E-state index contributed by atoms with van der Waals surface area (Å²) in [6.45, 7) is 4.21. The predicted molar refractivity (Wildman–Crippen MR) is 74.4 cm³/mol. The number of hydrogen-bond acceptors (Lipinski definition) is 2. The van der Waals surface area contributed by atoms with Crippen LogP contribution in [0.25, 0.3) is 11.3 Å². The summed E-state index contributed by atoms with van der Waals surface area (Å²) in [6, 6.07) is 8.37. The van der Waals surface area contributed by atoms with Gasteiger partial charge >= 0.3 is 0 Å². The first kappa shape index (κ1) is 12.6. The average molecular weight is 241 g/mol. The van der Waals surface area contributed by atoms with Gasteiger partial charge in [-0.3, -0.25) is 0 Å². The second-order valence-corrected chi connectivity index (χ2v) is 4.47. The van der Waals surface area contributed by atoms with E-state index in [1.165, 1.54) is 17.5 Å². The fourth-order valence-corrected chi connectivity index (χ4v) is 1.97. The highest BCUT2D eigenvalue weighted by Gasteiger charge is 2.09. The van der Waals surface area contributed by atoms with Crippen molar-refractivity contribution < 1.29 is 4.52 Å². The Labute approximate surface area is 108 Å². The molecule has 0 atom stereocenters. The van der Waals surface area contributed by atoms with Crippen LogP contribution in [0.5, 0.6) is 0 Å². The third-order valence-electron chi connectivity index (χ3n) is 2.98. The van der Waals surface area contributed by atoms with Crippen molar-refractivity contribution in [1.29, 1.82) is 0 Å². The number of nitrogens with zero attached hydrogens (tertiary/aromatic N) is 1. The molecule has 1 heterocycles. The van der Waals surface area contributed by atoms with Crippen LogP contribution in [0.15, 0.2) is 47.2 Å². The fourth-order valence-electron chi connectivity index (χ4n) is 1.97. The quantitative estimate of drug-likeness (QED) is 0.718. The Bertz CT molecular complexity index is 525. The molecule has 0 aliphatic heterocycles. The zero-order valence-electron chi connectivity index (χ0n) is 11.0. The first-order valence-corrected chi connectivity index (χ1v) is 6.47. The number of rotatable bonds is 5. The van der Waals surface area contributed by atoms with Gasteiger partial charge in [0.2, 0.25) is 0 Å². The zero-order chi connectivity index (χ0) is 12.8. The van der Waals surface area contributed by atoms with Gasteiger partial charge in [-0.05, 0) is 25.3 Å². The monoisotopic (exact) mass is 241 g/mol. The molecule has 0 radical (unpaired) electrons. The largest absolute Gasteiger partial charge is 0.364 e. The SMILES string of the molecule is CCCC=CCc1ccccc1-c1nocc1C.